The van der Waals surface area contributed by atoms with Gasteiger partial charge in [0, 0.05) is 16.0 Å². The van der Waals surface area contributed by atoms with E-state index in [1.807, 2.05) is 44.2 Å². The van der Waals surface area contributed by atoms with Crippen molar-refractivity contribution in [3.8, 4) is 17.6 Å². The Labute approximate surface area is 144 Å². The Bertz CT molecular complexity index is 730. The average Bonchev–Trinajstić information content (AvgIpc) is 2.52. The van der Waals surface area contributed by atoms with E-state index in [0.717, 1.165) is 5.56 Å². The molecule has 0 aromatic heterocycles. The largest absolute Gasteiger partial charge is 0.487 e. The summed E-state index contributed by atoms with van der Waals surface area (Å²) in [5, 5.41) is 9.30. The van der Waals surface area contributed by atoms with Crippen LogP contribution in [0.5, 0.6) is 5.75 Å². The van der Waals surface area contributed by atoms with Crippen molar-refractivity contribution in [1.29, 1.82) is 0 Å². The molecule has 0 aliphatic carbocycles. The molecule has 0 aliphatic rings. The van der Waals surface area contributed by atoms with Gasteiger partial charge in [0.25, 0.3) is 0 Å². The number of hydrogen-bond acceptors (Lipinski definition) is 2. The second-order valence-electron chi connectivity index (χ2n) is 5.83. The van der Waals surface area contributed by atoms with Crippen LogP contribution >= 0.6 is 15.9 Å². The summed E-state index contributed by atoms with van der Waals surface area (Å²) >= 11 is 3.33. The molecule has 2 nitrogen and oxygen atoms in total. The highest BCUT2D eigenvalue weighted by molar-refractivity contribution is 9.10. The van der Waals surface area contributed by atoms with Crippen molar-refractivity contribution in [2.75, 3.05) is 6.61 Å². The van der Waals surface area contributed by atoms with E-state index >= 15 is 0 Å². The molecule has 0 atom stereocenters. The Balaban J connectivity index is 2.31. The number of aliphatic hydroxyl groups is 1. The summed E-state index contributed by atoms with van der Waals surface area (Å²) in [5.41, 5.74) is 1.02. The first kappa shape index (κ1) is 17.5. The molecule has 4 heteroatoms. The van der Waals surface area contributed by atoms with Crippen LogP contribution in [0.2, 0.25) is 0 Å². The summed E-state index contributed by atoms with van der Waals surface area (Å²) in [7, 11) is 0. The van der Waals surface area contributed by atoms with Gasteiger partial charge in [0.2, 0.25) is 0 Å². The minimum Gasteiger partial charge on any atom is -0.487 e. The monoisotopic (exact) mass is 376 g/mol. The Kier molecular flexibility index (Phi) is 5.81. The van der Waals surface area contributed by atoms with Crippen molar-refractivity contribution < 1.29 is 14.2 Å². The lowest BCUT2D eigenvalue weighted by Gasteiger charge is -2.13. The Morgan fingerprint density at radius 1 is 1.22 bits per heavy atom. The molecule has 0 saturated carbocycles. The van der Waals surface area contributed by atoms with Gasteiger partial charge in [0.05, 0.1) is 12.2 Å². The van der Waals surface area contributed by atoms with Gasteiger partial charge in [-0.2, -0.15) is 0 Å². The highest BCUT2D eigenvalue weighted by Crippen LogP contribution is 2.29. The maximum atomic E-state index is 13.7. The van der Waals surface area contributed by atoms with Crippen LogP contribution in [-0.2, 0) is 6.61 Å². The number of halogens is 2. The van der Waals surface area contributed by atoms with Crippen LogP contribution in [-0.4, -0.2) is 11.7 Å². The fourth-order valence-corrected chi connectivity index (χ4v) is 2.30. The van der Waals surface area contributed by atoms with E-state index < -0.39 is 11.2 Å². The summed E-state index contributed by atoms with van der Waals surface area (Å²) in [6, 6.07) is 12.3. The standard InChI is InChI=1S/C19H18BrFO2/c1-19(2,13-22)9-8-16-17(20)10-15(21)11-18(16)23-12-14-6-4-3-5-7-14/h3-7,10-11,22H,12-13H2,1-2H3. The zero-order chi connectivity index (χ0) is 16.9. The van der Waals surface area contributed by atoms with Gasteiger partial charge in [0.15, 0.2) is 0 Å². The van der Waals surface area contributed by atoms with Crippen molar-refractivity contribution >= 4 is 15.9 Å². The minimum atomic E-state index is -0.537. The van der Waals surface area contributed by atoms with Crippen molar-refractivity contribution in [2.24, 2.45) is 5.41 Å². The molecule has 2 aromatic rings. The molecule has 0 spiro atoms. The first-order valence-electron chi connectivity index (χ1n) is 7.21. The van der Waals surface area contributed by atoms with Gasteiger partial charge in [0.1, 0.15) is 18.2 Å². The van der Waals surface area contributed by atoms with Crippen molar-refractivity contribution in [3.63, 3.8) is 0 Å². The summed E-state index contributed by atoms with van der Waals surface area (Å²) in [4.78, 5) is 0. The molecule has 2 rings (SSSR count). The molecule has 120 valence electrons. The van der Waals surface area contributed by atoms with E-state index in [0.29, 0.717) is 22.4 Å². The maximum absolute atomic E-state index is 13.7. The molecular formula is C19H18BrFO2. The predicted octanol–water partition coefficient (Wildman–Crippen LogP) is 4.54. The molecule has 23 heavy (non-hydrogen) atoms. The number of benzene rings is 2. The molecule has 0 fully saturated rings. The second kappa shape index (κ2) is 7.63. The molecule has 0 radical (unpaired) electrons. The van der Waals surface area contributed by atoms with Gasteiger partial charge in [-0.05, 0) is 41.4 Å². The van der Waals surface area contributed by atoms with Crippen LogP contribution in [0.4, 0.5) is 4.39 Å². The van der Waals surface area contributed by atoms with E-state index in [2.05, 4.69) is 27.8 Å². The topological polar surface area (TPSA) is 29.5 Å². The van der Waals surface area contributed by atoms with E-state index in [1.54, 1.807) is 0 Å². The van der Waals surface area contributed by atoms with Crippen LogP contribution in [0.3, 0.4) is 0 Å². The smallest absolute Gasteiger partial charge is 0.139 e. The summed E-state index contributed by atoms with van der Waals surface area (Å²) in [5.74, 6) is 5.96. The minimum absolute atomic E-state index is 0.0565. The van der Waals surface area contributed by atoms with Gasteiger partial charge in [-0.25, -0.2) is 4.39 Å². The van der Waals surface area contributed by atoms with Gasteiger partial charge >= 0.3 is 0 Å². The lowest BCUT2D eigenvalue weighted by atomic mass is 9.95. The molecule has 0 saturated heterocycles. The Morgan fingerprint density at radius 2 is 1.91 bits per heavy atom. The van der Waals surface area contributed by atoms with Crippen LogP contribution in [0.25, 0.3) is 0 Å². The van der Waals surface area contributed by atoms with E-state index in [1.165, 1.54) is 12.1 Å². The normalized spacial score (nSPS) is 10.8. The zero-order valence-corrected chi connectivity index (χ0v) is 14.7. The second-order valence-corrected chi connectivity index (χ2v) is 6.68. The van der Waals surface area contributed by atoms with E-state index in [4.69, 9.17) is 4.74 Å². The predicted molar refractivity (Wildman–Crippen MR) is 92.6 cm³/mol. The Hall–Kier alpha value is -1.83. The lowest BCUT2D eigenvalue weighted by Crippen LogP contribution is -2.13. The third-order valence-electron chi connectivity index (χ3n) is 3.18. The molecular weight excluding hydrogens is 359 g/mol. The third kappa shape index (κ3) is 5.09. The molecule has 0 unspecified atom stereocenters. The van der Waals surface area contributed by atoms with Gasteiger partial charge in [-0.15, -0.1) is 0 Å². The van der Waals surface area contributed by atoms with E-state index in [9.17, 15) is 9.50 Å². The molecule has 1 N–H and O–H groups in total. The van der Waals surface area contributed by atoms with Crippen LogP contribution in [0.15, 0.2) is 46.9 Å². The number of rotatable bonds is 4. The van der Waals surface area contributed by atoms with Gasteiger partial charge < -0.3 is 9.84 Å². The first-order valence-corrected chi connectivity index (χ1v) is 8.00. The van der Waals surface area contributed by atoms with Crippen molar-refractivity contribution in [3.05, 3.63) is 63.9 Å². The molecule has 0 bridgehead atoms. The highest BCUT2D eigenvalue weighted by atomic mass is 79.9. The number of aliphatic hydroxyl groups excluding tert-OH is 1. The molecule has 0 amide bonds. The van der Waals surface area contributed by atoms with Crippen LogP contribution < -0.4 is 4.74 Å². The lowest BCUT2D eigenvalue weighted by molar-refractivity contribution is 0.206. The van der Waals surface area contributed by atoms with Gasteiger partial charge in [-0.3, -0.25) is 0 Å². The SMILES string of the molecule is CC(C)(C#Cc1c(Br)cc(F)cc1OCc1ccccc1)CO. The third-order valence-corrected chi connectivity index (χ3v) is 3.80. The Morgan fingerprint density at radius 3 is 2.57 bits per heavy atom. The molecule has 2 aromatic carbocycles. The quantitative estimate of drug-likeness (QED) is 0.793. The number of hydrogen-bond donors (Lipinski definition) is 1. The van der Waals surface area contributed by atoms with Gasteiger partial charge in [-0.1, -0.05) is 42.2 Å². The highest BCUT2D eigenvalue weighted by Gasteiger charge is 2.14. The average molecular weight is 377 g/mol. The van der Waals surface area contributed by atoms with Crippen LogP contribution in [0.1, 0.15) is 25.0 Å². The number of ether oxygens (including phenoxy) is 1. The van der Waals surface area contributed by atoms with Crippen molar-refractivity contribution in [2.45, 2.75) is 20.5 Å². The zero-order valence-electron chi connectivity index (χ0n) is 13.1. The summed E-state index contributed by atoms with van der Waals surface area (Å²) in [6.07, 6.45) is 0. The maximum Gasteiger partial charge on any atom is 0.139 e. The van der Waals surface area contributed by atoms with Crippen molar-refractivity contribution in [1.82, 2.24) is 0 Å². The summed E-state index contributed by atoms with van der Waals surface area (Å²) in [6.45, 7) is 3.94. The fraction of sp³-hybridized carbons (Fsp3) is 0.263. The fourth-order valence-electron chi connectivity index (χ4n) is 1.79. The van der Waals surface area contributed by atoms with E-state index in [-0.39, 0.29) is 6.61 Å². The molecule has 0 heterocycles. The molecule has 0 aliphatic heterocycles. The summed E-state index contributed by atoms with van der Waals surface area (Å²) < 4.78 is 20.0. The van der Waals surface area contributed by atoms with Crippen LogP contribution in [0, 0.1) is 23.1 Å². The first-order chi connectivity index (χ1) is 10.9.